The van der Waals surface area contributed by atoms with Crippen LogP contribution in [0.15, 0.2) is 70.8 Å². The van der Waals surface area contributed by atoms with Gasteiger partial charge < -0.3 is 19.9 Å². The van der Waals surface area contributed by atoms with Crippen molar-refractivity contribution in [3.05, 3.63) is 92.5 Å². The van der Waals surface area contributed by atoms with Crippen LogP contribution in [0.1, 0.15) is 28.4 Å². The van der Waals surface area contributed by atoms with Crippen molar-refractivity contribution in [2.45, 2.75) is 13.5 Å². The lowest BCUT2D eigenvalue weighted by Gasteiger charge is -2.15. The van der Waals surface area contributed by atoms with Gasteiger partial charge >= 0.3 is 12.0 Å². The number of hydrogen-bond donors (Lipinski definition) is 2. The lowest BCUT2D eigenvalue weighted by atomic mass is 10.1. The summed E-state index contributed by atoms with van der Waals surface area (Å²) in [5.41, 5.74) is 1.88. The average molecular weight is 572 g/mol. The predicted molar refractivity (Wildman–Crippen MR) is 138 cm³/mol. The molecule has 4 rings (SSSR count). The van der Waals surface area contributed by atoms with Crippen LogP contribution in [-0.2, 0) is 11.4 Å². The molecule has 3 aromatic carbocycles. The third kappa shape index (κ3) is 5.53. The van der Waals surface area contributed by atoms with Crippen LogP contribution in [0.2, 0.25) is 5.02 Å². The van der Waals surface area contributed by atoms with Crippen LogP contribution < -0.4 is 19.7 Å². The summed E-state index contributed by atoms with van der Waals surface area (Å²) in [6.45, 7) is 2.29. The topological polar surface area (TPSA) is 105 Å². The van der Waals surface area contributed by atoms with Crippen molar-refractivity contribution in [3.8, 4) is 11.5 Å². The molecular weight excluding hydrogens is 552 g/mol. The summed E-state index contributed by atoms with van der Waals surface area (Å²) in [5, 5.41) is 12.2. The van der Waals surface area contributed by atoms with Crippen molar-refractivity contribution in [1.82, 2.24) is 5.32 Å². The molecule has 1 aliphatic rings. The molecule has 0 radical (unpaired) electrons. The van der Waals surface area contributed by atoms with E-state index in [2.05, 4.69) is 21.2 Å². The summed E-state index contributed by atoms with van der Waals surface area (Å²) in [5.74, 6) is -0.707. The van der Waals surface area contributed by atoms with Crippen molar-refractivity contribution in [3.63, 3.8) is 0 Å². The first kappa shape index (κ1) is 25.3. The molecule has 2 N–H and O–H groups in total. The van der Waals surface area contributed by atoms with Gasteiger partial charge in [0, 0.05) is 5.02 Å². The number of carboxylic acid groups (broad SMARTS) is 1. The van der Waals surface area contributed by atoms with Crippen molar-refractivity contribution in [2.75, 3.05) is 11.5 Å². The molecule has 0 aliphatic carbocycles. The highest BCUT2D eigenvalue weighted by Crippen LogP contribution is 2.38. The second kappa shape index (κ2) is 10.8. The number of benzene rings is 3. The number of rotatable bonds is 8. The fourth-order valence-electron chi connectivity index (χ4n) is 3.58. The lowest BCUT2D eigenvalue weighted by Crippen LogP contribution is -2.30. The first-order chi connectivity index (χ1) is 17.3. The maximum Gasteiger partial charge on any atom is 0.335 e. The van der Waals surface area contributed by atoms with E-state index in [0.29, 0.717) is 44.4 Å². The summed E-state index contributed by atoms with van der Waals surface area (Å²) >= 11 is 9.50. The van der Waals surface area contributed by atoms with Gasteiger partial charge in [0.1, 0.15) is 12.3 Å². The second-order valence-electron chi connectivity index (χ2n) is 7.67. The Morgan fingerprint density at radius 1 is 1.11 bits per heavy atom. The summed E-state index contributed by atoms with van der Waals surface area (Å²) < 4.78 is 12.3. The van der Waals surface area contributed by atoms with Gasteiger partial charge in [0.15, 0.2) is 11.5 Å². The predicted octanol–water partition coefficient (Wildman–Crippen LogP) is 5.88. The molecule has 10 heteroatoms. The molecule has 184 valence electrons. The SMILES string of the molecule is CCOc1cc(/C=C2/NC(=O)N(c3cccc(Cl)c3)C2=O)cc(Br)c1OCc1cccc(C(=O)O)c1. The largest absolute Gasteiger partial charge is 0.490 e. The lowest BCUT2D eigenvalue weighted by molar-refractivity contribution is -0.113. The molecule has 3 amide bonds. The maximum atomic E-state index is 13.0. The Morgan fingerprint density at radius 2 is 1.89 bits per heavy atom. The molecule has 0 saturated carbocycles. The highest BCUT2D eigenvalue weighted by molar-refractivity contribution is 9.10. The van der Waals surface area contributed by atoms with Gasteiger partial charge in [-0.2, -0.15) is 0 Å². The normalized spacial score (nSPS) is 14.2. The van der Waals surface area contributed by atoms with Gasteiger partial charge in [-0.3, -0.25) is 4.79 Å². The number of carbonyl (C=O) groups excluding carboxylic acids is 2. The fourth-order valence-corrected chi connectivity index (χ4v) is 4.33. The van der Waals surface area contributed by atoms with Gasteiger partial charge in [-0.05, 0) is 82.5 Å². The van der Waals surface area contributed by atoms with E-state index in [9.17, 15) is 19.5 Å². The van der Waals surface area contributed by atoms with E-state index in [0.717, 1.165) is 4.90 Å². The average Bonchev–Trinajstić information content (AvgIpc) is 3.11. The number of nitrogens with one attached hydrogen (secondary N) is 1. The molecule has 0 aromatic heterocycles. The van der Waals surface area contributed by atoms with Crippen LogP contribution in [0.3, 0.4) is 0 Å². The monoisotopic (exact) mass is 570 g/mol. The number of carbonyl (C=O) groups is 3. The van der Waals surface area contributed by atoms with Crippen LogP contribution in [0.5, 0.6) is 11.5 Å². The van der Waals surface area contributed by atoms with Gasteiger partial charge in [-0.25, -0.2) is 14.5 Å². The molecule has 1 fully saturated rings. The number of aromatic carboxylic acids is 1. The number of amides is 3. The molecule has 36 heavy (non-hydrogen) atoms. The van der Waals surface area contributed by atoms with Crippen LogP contribution in [0, 0.1) is 0 Å². The van der Waals surface area contributed by atoms with Gasteiger partial charge in [0.2, 0.25) is 0 Å². The van der Waals surface area contributed by atoms with E-state index in [1.165, 1.54) is 24.3 Å². The number of urea groups is 1. The van der Waals surface area contributed by atoms with E-state index in [-0.39, 0.29) is 17.9 Å². The second-order valence-corrected chi connectivity index (χ2v) is 8.96. The zero-order valence-corrected chi connectivity index (χ0v) is 21.3. The Bertz CT molecular complexity index is 1390. The Hall–Kier alpha value is -3.82. The van der Waals surface area contributed by atoms with Crippen molar-refractivity contribution in [1.29, 1.82) is 0 Å². The van der Waals surface area contributed by atoms with E-state index in [4.69, 9.17) is 21.1 Å². The summed E-state index contributed by atoms with van der Waals surface area (Å²) in [4.78, 5) is 37.7. The van der Waals surface area contributed by atoms with E-state index < -0.39 is 17.9 Å². The highest BCUT2D eigenvalue weighted by Gasteiger charge is 2.35. The van der Waals surface area contributed by atoms with Gasteiger partial charge in [-0.15, -0.1) is 0 Å². The third-order valence-electron chi connectivity index (χ3n) is 5.14. The minimum absolute atomic E-state index is 0.0912. The molecule has 3 aromatic rings. The molecule has 1 heterocycles. The number of hydrogen-bond acceptors (Lipinski definition) is 5. The summed E-state index contributed by atoms with van der Waals surface area (Å²) in [6.07, 6.45) is 1.54. The molecule has 0 unspecified atom stereocenters. The molecule has 0 atom stereocenters. The van der Waals surface area contributed by atoms with E-state index >= 15 is 0 Å². The standard InChI is InChI=1S/C26H20BrClN2O6/c1-2-35-22-12-16(10-20(27)23(22)36-14-15-5-3-6-17(9-15)25(32)33)11-21-24(31)30(26(34)29-21)19-8-4-7-18(28)13-19/h3-13H,2,14H2,1H3,(H,29,34)(H,32,33)/b21-11+. The Balaban J connectivity index is 1.59. The van der Waals surface area contributed by atoms with Gasteiger partial charge in [-0.1, -0.05) is 29.8 Å². The third-order valence-corrected chi connectivity index (χ3v) is 5.97. The van der Waals surface area contributed by atoms with Crippen LogP contribution >= 0.6 is 27.5 Å². The van der Waals surface area contributed by atoms with Crippen molar-refractivity contribution in [2.24, 2.45) is 0 Å². The number of anilines is 1. The zero-order valence-electron chi connectivity index (χ0n) is 19.0. The smallest absolute Gasteiger partial charge is 0.335 e. The number of carboxylic acids is 1. The van der Waals surface area contributed by atoms with Crippen LogP contribution in [0.4, 0.5) is 10.5 Å². The molecule has 0 spiro atoms. The van der Waals surface area contributed by atoms with Crippen molar-refractivity contribution < 1.29 is 29.0 Å². The maximum absolute atomic E-state index is 13.0. The summed E-state index contributed by atoms with van der Waals surface area (Å²) in [7, 11) is 0. The van der Waals surface area contributed by atoms with Gasteiger partial charge in [0.05, 0.1) is 22.3 Å². The highest BCUT2D eigenvalue weighted by atomic mass is 79.9. The molecule has 0 bridgehead atoms. The van der Waals surface area contributed by atoms with E-state index in [1.807, 2.05) is 6.92 Å². The number of nitrogens with zero attached hydrogens (tertiary/aromatic N) is 1. The molecule has 1 saturated heterocycles. The van der Waals surface area contributed by atoms with Crippen molar-refractivity contribution >= 4 is 57.2 Å². The molecule has 8 nitrogen and oxygen atoms in total. The minimum Gasteiger partial charge on any atom is -0.490 e. The van der Waals surface area contributed by atoms with Gasteiger partial charge in [0.25, 0.3) is 5.91 Å². The minimum atomic E-state index is -1.02. The number of ether oxygens (including phenoxy) is 2. The molecule has 1 aliphatic heterocycles. The number of imide groups is 1. The fraction of sp³-hybridized carbons (Fsp3) is 0.115. The Labute approximate surface area is 220 Å². The first-order valence-electron chi connectivity index (χ1n) is 10.8. The number of halogens is 2. The van der Waals surface area contributed by atoms with E-state index in [1.54, 1.807) is 42.5 Å². The zero-order chi connectivity index (χ0) is 25.8. The quantitative estimate of drug-likeness (QED) is 0.259. The molecular formula is C26H20BrClN2O6. The van der Waals surface area contributed by atoms with Crippen LogP contribution in [-0.4, -0.2) is 29.6 Å². The Morgan fingerprint density at radius 3 is 2.61 bits per heavy atom. The summed E-state index contributed by atoms with van der Waals surface area (Å²) in [6, 6.07) is 15.7. The van der Waals surface area contributed by atoms with Crippen LogP contribution in [0.25, 0.3) is 6.08 Å². The first-order valence-corrected chi connectivity index (χ1v) is 12.0. The Kier molecular flexibility index (Phi) is 7.61.